The quantitative estimate of drug-likeness (QED) is 0.605. The molecule has 0 radical (unpaired) electrons. The highest BCUT2D eigenvalue weighted by molar-refractivity contribution is 4.94. The summed E-state index contributed by atoms with van der Waals surface area (Å²) >= 11 is 0. The first-order valence-electron chi connectivity index (χ1n) is 10.4. The van der Waals surface area contributed by atoms with Crippen molar-refractivity contribution in [3.63, 3.8) is 0 Å². The van der Waals surface area contributed by atoms with E-state index in [2.05, 4.69) is 16.7 Å². The second kappa shape index (κ2) is 9.80. The van der Waals surface area contributed by atoms with E-state index in [1.165, 1.54) is 19.4 Å². The van der Waals surface area contributed by atoms with E-state index >= 15 is 0 Å². The lowest BCUT2D eigenvalue weighted by Gasteiger charge is -2.49. The first kappa shape index (κ1) is 20.5. The Morgan fingerprint density at radius 2 is 1.65 bits per heavy atom. The summed E-state index contributed by atoms with van der Waals surface area (Å²) in [7, 11) is 1.71. The predicted octanol–water partition coefficient (Wildman–Crippen LogP) is 1.63. The van der Waals surface area contributed by atoms with E-state index in [1.807, 2.05) is 0 Å². The third-order valence-corrected chi connectivity index (χ3v) is 6.38. The van der Waals surface area contributed by atoms with Crippen LogP contribution in [0.4, 0.5) is 0 Å². The number of methoxy groups -OCH3 is 1. The third kappa shape index (κ3) is 5.88. The normalized spacial score (nSPS) is 27.0. The zero-order chi connectivity index (χ0) is 18.3. The van der Waals surface area contributed by atoms with Gasteiger partial charge in [-0.3, -0.25) is 4.90 Å². The molecule has 3 fully saturated rings. The van der Waals surface area contributed by atoms with E-state index in [-0.39, 0.29) is 5.60 Å². The molecule has 0 amide bonds. The summed E-state index contributed by atoms with van der Waals surface area (Å²) in [5, 5.41) is 0. The van der Waals surface area contributed by atoms with Crippen molar-refractivity contribution >= 4 is 0 Å². The van der Waals surface area contributed by atoms with Crippen LogP contribution in [0.25, 0.3) is 0 Å². The van der Waals surface area contributed by atoms with Crippen LogP contribution >= 0.6 is 0 Å². The molecule has 0 aromatic carbocycles. The summed E-state index contributed by atoms with van der Waals surface area (Å²) < 4.78 is 22.5. The summed E-state index contributed by atoms with van der Waals surface area (Å²) in [5.74, 6) is 0. The molecule has 3 heterocycles. The maximum Gasteiger partial charge on any atom is 0.0833 e. The number of morpholine rings is 1. The molecule has 0 bridgehead atoms. The number of hydrogen-bond acceptors (Lipinski definition) is 6. The molecule has 6 heteroatoms. The Hall–Kier alpha value is -0.240. The van der Waals surface area contributed by atoms with E-state index in [1.54, 1.807) is 7.11 Å². The summed E-state index contributed by atoms with van der Waals surface area (Å²) in [4.78, 5) is 5.18. The molecule has 0 N–H and O–H groups in total. The van der Waals surface area contributed by atoms with Gasteiger partial charge in [0.2, 0.25) is 0 Å². The minimum Gasteiger partial charge on any atom is -0.382 e. The van der Waals surface area contributed by atoms with Crippen molar-refractivity contribution in [3.8, 4) is 0 Å². The highest BCUT2D eigenvalue weighted by Crippen LogP contribution is 2.35. The minimum absolute atomic E-state index is 0.0766. The maximum absolute atomic E-state index is 6.32. The zero-order valence-corrected chi connectivity index (χ0v) is 16.8. The highest BCUT2D eigenvalue weighted by Gasteiger charge is 2.41. The summed E-state index contributed by atoms with van der Waals surface area (Å²) in [6, 6.07) is 0. The lowest BCUT2D eigenvalue weighted by atomic mass is 9.81. The van der Waals surface area contributed by atoms with Gasteiger partial charge in [0.15, 0.2) is 0 Å². The second-order valence-electron chi connectivity index (χ2n) is 8.61. The van der Waals surface area contributed by atoms with Gasteiger partial charge in [0.05, 0.1) is 32.0 Å². The number of piperidine rings is 1. The summed E-state index contributed by atoms with van der Waals surface area (Å²) in [5.41, 5.74) is 0.490. The Labute approximate surface area is 159 Å². The molecule has 3 saturated heterocycles. The van der Waals surface area contributed by atoms with Gasteiger partial charge in [0.25, 0.3) is 0 Å². The average Bonchev–Trinajstić information content (AvgIpc) is 2.64. The van der Waals surface area contributed by atoms with Gasteiger partial charge in [0.1, 0.15) is 0 Å². The molecule has 3 rings (SSSR count). The number of nitrogens with zero attached hydrogens (tertiary/aromatic N) is 2. The standard InChI is InChI=1S/C20H38N2O4/c1-19(5-11-24-12-6-19)17-22-10-14-26-20(18-22)3-7-21(8-4-20)9-13-25-16-15-23-2/h3-18H2,1-2H3. The smallest absolute Gasteiger partial charge is 0.0833 e. The van der Waals surface area contributed by atoms with Crippen LogP contribution in [-0.4, -0.2) is 101 Å². The lowest BCUT2D eigenvalue weighted by Crippen LogP contribution is -2.58. The highest BCUT2D eigenvalue weighted by atomic mass is 16.5. The van der Waals surface area contributed by atoms with Gasteiger partial charge in [0, 0.05) is 59.6 Å². The van der Waals surface area contributed by atoms with Gasteiger partial charge in [-0.25, -0.2) is 0 Å². The van der Waals surface area contributed by atoms with Gasteiger partial charge in [-0.2, -0.15) is 0 Å². The first-order chi connectivity index (χ1) is 12.6. The van der Waals surface area contributed by atoms with Crippen molar-refractivity contribution in [1.29, 1.82) is 0 Å². The third-order valence-electron chi connectivity index (χ3n) is 6.38. The van der Waals surface area contributed by atoms with E-state index in [4.69, 9.17) is 18.9 Å². The Bertz CT molecular complexity index is 407. The van der Waals surface area contributed by atoms with Gasteiger partial charge >= 0.3 is 0 Å². The molecule has 0 saturated carbocycles. The van der Waals surface area contributed by atoms with Crippen molar-refractivity contribution < 1.29 is 18.9 Å². The van der Waals surface area contributed by atoms with E-state index in [0.29, 0.717) is 18.6 Å². The molecule has 0 unspecified atom stereocenters. The van der Waals surface area contributed by atoms with E-state index in [0.717, 1.165) is 72.0 Å². The van der Waals surface area contributed by atoms with E-state index in [9.17, 15) is 0 Å². The predicted molar refractivity (Wildman–Crippen MR) is 102 cm³/mol. The van der Waals surface area contributed by atoms with E-state index < -0.39 is 0 Å². The number of hydrogen-bond donors (Lipinski definition) is 0. The maximum atomic E-state index is 6.32. The fourth-order valence-electron chi connectivity index (χ4n) is 4.55. The van der Waals surface area contributed by atoms with Crippen molar-refractivity contribution in [2.45, 2.75) is 38.2 Å². The Morgan fingerprint density at radius 3 is 2.38 bits per heavy atom. The fraction of sp³-hybridized carbons (Fsp3) is 1.00. The van der Waals surface area contributed by atoms with Crippen LogP contribution in [-0.2, 0) is 18.9 Å². The molecule has 0 aliphatic carbocycles. The molecule has 0 aromatic heterocycles. The second-order valence-corrected chi connectivity index (χ2v) is 8.61. The van der Waals surface area contributed by atoms with Gasteiger partial charge < -0.3 is 23.8 Å². The van der Waals surface area contributed by atoms with Crippen molar-refractivity contribution in [2.24, 2.45) is 5.41 Å². The minimum atomic E-state index is 0.0766. The Balaban J connectivity index is 1.40. The van der Waals surface area contributed by atoms with Crippen LogP contribution in [0.1, 0.15) is 32.6 Å². The Kier molecular flexibility index (Phi) is 7.73. The van der Waals surface area contributed by atoms with Crippen molar-refractivity contribution in [1.82, 2.24) is 9.80 Å². The van der Waals surface area contributed by atoms with Crippen molar-refractivity contribution in [3.05, 3.63) is 0 Å². The number of ether oxygens (including phenoxy) is 4. The first-order valence-corrected chi connectivity index (χ1v) is 10.4. The Morgan fingerprint density at radius 1 is 0.885 bits per heavy atom. The summed E-state index contributed by atoms with van der Waals surface area (Å²) in [6.07, 6.45) is 4.66. The van der Waals surface area contributed by atoms with Crippen LogP contribution in [0.2, 0.25) is 0 Å². The van der Waals surface area contributed by atoms with Crippen LogP contribution < -0.4 is 0 Å². The van der Waals surface area contributed by atoms with Crippen LogP contribution in [0.5, 0.6) is 0 Å². The summed E-state index contributed by atoms with van der Waals surface area (Å²) in [6.45, 7) is 13.9. The largest absolute Gasteiger partial charge is 0.382 e. The monoisotopic (exact) mass is 370 g/mol. The zero-order valence-electron chi connectivity index (χ0n) is 16.8. The average molecular weight is 371 g/mol. The number of rotatable bonds is 8. The number of likely N-dealkylation sites (tertiary alicyclic amines) is 1. The molecule has 3 aliphatic heterocycles. The topological polar surface area (TPSA) is 43.4 Å². The molecule has 26 heavy (non-hydrogen) atoms. The molecule has 0 aromatic rings. The molecule has 3 aliphatic rings. The molecular formula is C20H38N2O4. The molecule has 1 spiro atoms. The van der Waals surface area contributed by atoms with Gasteiger partial charge in [-0.1, -0.05) is 6.92 Å². The molecule has 6 nitrogen and oxygen atoms in total. The molecule has 0 atom stereocenters. The van der Waals surface area contributed by atoms with Gasteiger partial charge in [-0.15, -0.1) is 0 Å². The van der Waals surface area contributed by atoms with Crippen LogP contribution in [0.3, 0.4) is 0 Å². The SMILES string of the molecule is COCCOCCN1CCC2(CC1)CN(CC1(C)CCOCC1)CCO2. The van der Waals surface area contributed by atoms with Gasteiger partial charge in [-0.05, 0) is 31.1 Å². The molecule has 152 valence electrons. The van der Waals surface area contributed by atoms with Crippen LogP contribution in [0, 0.1) is 5.41 Å². The molecular weight excluding hydrogens is 332 g/mol. The fourth-order valence-corrected chi connectivity index (χ4v) is 4.55. The lowest BCUT2D eigenvalue weighted by molar-refractivity contribution is -0.144. The van der Waals surface area contributed by atoms with Crippen LogP contribution in [0.15, 0.2) is 0 Å². The van der Waals surface area contributed by atoms with Crippen molar-refractivity contribution in [2.75, 3.05) is 86.0 Å².